The average Bonchev–Trinajstić information content (AvgIpc) is 2.70. The molecule has 0 spiro atoms. The number of amides is 1. The van der Waals surface area contributed by atoms with Crippen LogP contribution < -0.4 is 14.4 Å². The summed E-state index contributed by atoms with van der Waals surface area (Å²) in [5.74, 6) is 1.10. The van der Waals surface area contributed by atoms with Gasteiger partial charge in [0.05, 0.1) is 25.1 Å². The second-order valence-corrected chi connectivity index (χ2v) is 10.2. The Kier molecular flexibility index (Phi) is 8.92. The molecule has 170 valence electrons. The molecule has 0 aliphatic heterocycles. The maximum atomic E-state index is 12.7. The van der Waals surface area contributed by atoms with Crippen molar-refractivity contribution >= 4 is 21.6 Å². The molecule has 0 fully saturated rings. The van der Waals surface area contributed by atoms with Crippen LogP contribution in [-0.4, -0.2) is 34.2 Å². The molecule has 1 N–H and O–H groups in total. The number of methoxy groups -OCH3 is 1. The zero-order valence-corrected chi connectivity index (χ0v) is 19.9. The van der Waals surface area contributed by atoms with Crippen molar-refractivity contribution in [2.75, 3.05) is 24.2 Å². The normalized spacial score (nSPS) is 12.5. The van der Waals surface area contributed by atoms with E-state index >= 15 is 0 Å². The molecule has 2 aromatic rings. The molecule has 0 bridgehead atoms. The monoisotopic (exact) mass is 446 g/mol. The SMILES string of the molecule is COc1ccc(C(CC(C)C)NC(=O)CCCN(c2ccccc2C)S(C)(=O)=O)cc1. The van der Waals surface area contributed by atoms with Gasteiger partial charge in [-0.15, -0.1) is 0 Å². The van der Waals surface area contributed by atoms with Crippen LogP contribution in [0.4, 0.5) is 5.69 Å². The zero-order valence-electron chi connectivity index (χ0n) is 19.1. The molecule has 7 heteroatoms. The molecule has 0 heterocycles. The number of hydrogen-bond donors (Lipinski definition) is 1. The van der Waals surface area contributed by atoms with Crippen LogP contribution in [0.25, 0.3) is 0 Å². The number of carbonyl (C=O) groups excluding carboxylic acids is 1. The molecule has 1 unspecified atom stereocenters. The number of carbonyl (C=O) groups is 1. The smallest absolute Gasteiger partial charge is 0.232 e. The predicted molar refractivity (Wildman–Crippen MR) is 126 cm³/mol. The first-order valence-electron chi connectivity index (χ1n) is 10.6. The molecule has 31 heavy (non-hydrogen) atoms. The Hall–Kier alpha value is -2.54. The molecule has 0 aliphatic carbocycles. The standard InChI is InChI=1S/C24H34N2O4S/c1-18(2)17-22(20-12-14-21(30-4)15-13-20)25-24(27)11-8-16-26(31(5,28)29)23-10-7-6-9-19(23)3/h6-7,9-10,12-15,18,22H,8,11,16-17H2,1-5H3,(H,25,27). The summed E-state index contributed by atoms with van der Waals surface area (Å²) in [6.07, 6.45) is 2.70. The number of para-hydroxylation sites is 1. The van der Waals surface area contributed by atoms with Gasteiger partial charge in [0, 0.05) is 13.0 Å². The highest BCUT2D eigenvalue weighted by atomic mass is 32.2. The topological polar surface area (TPSA) is 75.7 Å². The minimum atomic E-state index is -3.44. The van der Waals surface area contributed by atoms with E-state index in [1.165, 1.54) is 10.6 Å². The van der Waals surface area contributed by atoms with Crippen LogP contribution in [0, 0.1) is 12.8 Å². The summed E-state index contributed by atoms with van der Waals surface area (Å²) >= 11 is 0. The van der Waals surface area contributed by atoms with Gasteiger partial charge in [0.15, 0.2) is 0 Å². The van der Waals surface area contributed by atoms with Gasteiger partial charge in [0.2, 0.25) is 15.9 Å². The summed E-state index contributed by atoms with van der Waals surface area (Å²) in [7, 11) is -1.81. The number of ether oxygens (including phenoxy) is 1. The van der Waals surface area contributed by atoms with Gasteiger partial charge in [-0.2, -0.15) is 0 Å². The Morgan fingerprint density at radius 2 is 1.74 bits per heavy atom. The summed E-state index contributed by atoms with van der Waals surface area (Å²) < 4.78 is 31.2. The number of benzene rings is 2. The van der Waals surface area contributed by atoms with Gasteiger partial charge in [-0.1, -0.05) is 44.2 Å². The fourth-order valence-electron chi connectivity index (χ4n) is 3.54. The molecule has 0 aromatic heterocycles. The fraction of sp³-hybridized carbons (Fsp3) is 0.458. The van der Waals surface area contributed by atoms with Crippen LogP contribution in [-0.2, 0) is 14.8 Å². The molecule has 0 radical (unpaired) electrons. The molecule has 2 rings (SSSR count). The third-order valence-electron chi connectivity index (χ3n) is 5.11. The summed E-state index contributed by atoms with van der Waals surface area (Å²) in [6, 6.07) is 15.0. The van der Waals surface area contributed by atoms with E-state index in [4.69, 9.17) is 4.74 Å². The van der Waals surface area contributed by atoms with E-state index in [-0.39, 0.29) is 24.9 Å². The van der Waals surface area contributed by atoms with Crippen molar-refractivity contribution in [1.82, 2.24) is 5.32 Å². The van der Waals surface area contributed by atoms with Crippen LogP contribution in [0.3, 0.4) is 0 Å². The third-order valence-corrected chi connectivity index (χ3v) is 6.29. The van der Waals surface area contributed by atoms with E-state index in [9.17, 15) is 13.2 Å². The predicted octanol–water partition coefficient (Wildman–Crippen LogP) is 4.45. The molecular weight excluding hydrogens is 412 g/mol. The van der Waals surface area contributed by atoms with Crippen molar-refractivity contribution in [1.29, 1.82) is 0 Å². The van der Waals surface area contributed by atoms with Gasteiger partial charge in [0.25, 0.3) is 0 Å². The number of nitrogens with one attached hydrogen (secondary N) is 1. The van der Waals surface area contributed by atoms with Crippen LogP contribution in [0.2, 0.25) is 0 Å². The molecule has 1 amide bonds. The lowest BCUT2D eigenvalue weighted by Crippen LogP contribution is -2.33. The van der Waals surface area contributed by atoms with Crippen LogP contribution in [0.1, 0.15) is 50.3 Å². The maximum Gasteiger partial charge on any atom is 0.232 e. The summed E-state index contributed by atoms with van der Waals surface area (Å²) in [5.41, 5.74) is 2.57. The highest BCUT2D eigenvalue weighted by Crippen LogP contribution is 2.25. The summed E-state index contributed by atoms with van der Waals surface area (Å²) in [4.78, 5) is 12.7. The van der Waals surface area contributed by atoms with Crippen LogP contribution in [0.15, 0.2) is 48.5 Å². The summed E-state index contributed by atoms with van der Waals surface area (Å²) in [6.45, 7) is 6.38. The first-order valence-corrected chi connectivity index (χ1v) is 12.4. The fourth-order valence-corrected chi connectivity index (χ4v) is 4.57. The summed E-state index contributed by atoms with van der Waals surface area (Å²) in [5, 5.41) is 3.12. The molecular formula is C24H34N2O4S. The van der Waals surface area contributed by atoms with E-state index in [1.54, 1.807) is 13.2 Å². The first-order chi connectivity index (χ1) is 14.6. The van der Waals surface area contributed by atoms with E-state index in [2.05, 4.69) is 19.2 Å². The molecule has 0 saturated heterocycles. The number of nitrogens with zero attached hydrogens (tertiary/aromatic N) is 1. The lowest BCUT2D eigenvalue weighted by Gasteiger charge is -2.25. The van der Waals surface area contributed by atoms with E-state index in [1.807, 2.05) is 49.4 Å². The van der Waals surface area contributed by atoms with Gasteiger partial charge in [0.1, 0.15) is 5.75 Å². The van der Waals surface area contributed by atoms with E-state index in [0.29, 0.717) is 18.0 Å². The Bertz CT molecular complexity index is 956. The first kappa shape index (κ1) is 24.7. The Labute approximate surface area is 186 Å². The molecule has 0 aliphatic rings. The van der Waals surface area contributed by atoms with E-state index in [0.717, 1.165) is 23.3 Å². The number of hydrogen-bond acceptors (Lipinski definition) is 4. The van der Waals surface area contributed by atoms with Crippen LogP contribution in [0.5, 0.6) is 5.75 Å². The highest BCUT2D eigenvalue weighted by molar-refractivity contribution is 7.92. The lowest BCUT2D eigenvalue weighted by molar-refractivity contribution is -0.122. The van der Waals surface area contributed by atoms with Gasteiger partial charge in [-0.3, -0.25) is 9.10 Å². The molecule has 2 aromatic carbocycles. The number of aryl methyl sites for hydroxylation is 1. The van der Waals surface area contributed by atoms with Crippen molar-refractivity contribution < 1.29 is 17.9 Å². The molecule has 6 nitrogen and oxygen atoms in total. The van der Waals surface area contributed by atoms with Crippen molar-refractivity contribution in [3.8, 4) is 5.75 Å². The lowest BCUT2D eigenvalue weighted by atomic mass is 9.96. The van der Waals surface area contributed by atoms with Gasteiger partial charge < -0.3 is 10.1 Å². The average molecular weight is 447 g/mol. The quantitative estimate of drug-likeness (QED) is 0.553. The molecule has 1 atom stereocenters. The van der Waals surface area contributed by atoms with Crippen molar-refractivity contribution in [3.05, 3.63) is 59.7 Å². The molecule has 0 saturated carbocycles. The van der Waals surface area contributed by atoms with Gasteiger partial charge in [-0.05, 0) is 55.0 Å². The van der Waals surface area contributed by atoms with Crippen LogP contribution >= 0.6 is 0 Å². The maximum absolute atomic E-state index is 12.7. The number of anilines is 1. The highest BCUT2D eigenvalue weighted by Gasteiger charge is 2.20. The number of rotatable bonds is 11. The van der Waals surface area contributed by atoms with Crippen molar-refractivity contribution in [2.24, 2.45) is 5.92 Å². The van der Waals surface area contributed by atoms with E-state index < -0.39 is 10.0 Å². The number of sulfonamides is 1. The van der Waals surface area contributed by atoms with Gasteiger partial charge >= 0.3 is 0 Å². The van der Waals surface area contributed by atoms with Crippen molar-refractivity contribution in [2.45, 2.75) is 46.1 Å². The van der Waals surface area contributed by atoms with Crippen molar-refractivity contribution in [3.63, 3.8) is 0 Å². The minimum Gasteiger partial charge on any atom is -0.497 e. The van der Waals surface area contributed by atoms with Gasteiger partial charge in [-0.25, -0.2) is 8.42 Å². The Balaban J connectivity index is 2.02. The zero-order chi connectivity index (χ0) is 23.0. The second-order valence-electron chi connectivity index (χ2n) is 8.25. The second kappa shape index (κ2) is 11.2. The largest absolute Gasteiger partial charge is 0.497 e. The Morgan fingerprint density at radius 3 is 2.29 bits per heavy atom. The minimum absolute atomic E-state index is 0.0836. The Morgan fingerprint density at radius 1 is 1.10 bits per heavy atom. The third kappa shape index (κ3) is 7.58.